The van der Waals surface area contributed by atoms with Crippen LogP contribution in [0.1, 0.15) is 32.5 Å². The predicted octanol–water partition coefficient (Wildman–Crippen LogP) is 1.56. The first kappa shape index (κ1) is 14.7. The van der Waals surface area contributed by atoms with Gasteiger partial charge >= 0.3 is 0 Å². The van der Waals surface area contributed by atoms with Crippen molar-refractivity contribution < 1.29 is 5.11 Å². The monoisotopic (exact) mass is 275 g/mol. The first-order valence-corrected chi connectivity index (χ1v) is 6.92. The summed E-state index contributed by atoms with van der Waals surface area (Å²) in [4.78, 5) is 19.2. The summed E-state index contributed by atoms with van der Waals surface area (Å²) in [5.41, 5.74) is 0.431. The highest BCUT2D eigenvalue weighted by Crippen LogP contribution is 2.14. The van der Waals surface area contributed by atoms with E-state index in [0.29, 0.717) is 29.7 Å². The molecule has 1 heterocycles. The third kappa shape index (κ3) is 3.23. The predicted molar refractivity (Wildman–Crippen MR) is 79.6 cm³/mol. The Bertz CT molecular complexity index is 638. The molecule has 20 heavy (non-hydrogen) atoms. The number of aromatic nitrogens is 2. The molecule has 2 aromatic rings. The van der Waals surface area contributed by atoms with Crippen LogP contribution in [-0.4, -0.2) is 27.2 Å². The Morgan fingerprint density at radius 3 is 2.85 bits per heavy atom. The van der Waals surface area contributed by atoms with Crippen molar-refractivity contribution in [3.8, 4) is 0 Å². The number of nitrogens with zero attached hydrogens (tertiary/aromatic N) is 1. The SMILES string of the molecule is CCC(C)(CCO)NCc1nc2ccccc2c(=O)[nH]1. The summed E-state index contributed by atoms with van der Waals surface area (Å²) in [6.07, 6.45) is 1.56. The largest absolute Gasteiger partial charge is 0.396 e. The summed E-state index contributed by atoms with van der Waals surface area (Å²) >= 11 is 0. The van der Waals surface area contributed by atoms with Gasteiger partial charge in [-0.3, -0.25) is 4.79 Å². The lowest BCUT2D eigenvalue weighted by molar-refractivity contribution is 0.213. The van der Waals surface area contributed by atoms with Gasteiger partial charge in [-0.15, -0.1) is 0 Å². The number of hydrogen-bond acceptors (Lipinski definition) is 4. The normalized spacial score (nSPS) is 14.3. The number of benzene rings is 1. The molecule has 0 amide bonds. The smallest absolute Gasteiger partial charge is 0.258 e. The third-order valence-electron chi connectivity index (χ3n) is 3.79. The maximum absolute atomic E-state index is 12.0. The number of aliphatic hydroxyl groups is 1. The Balaban J connectivity index is 2.20. The van der Waals surface area contributed by atoms with E-state index in [9.17, 15) is 4.79 Å². The zero-order valence-electron chi connectivity index (χ0n) is 11.9. The Kier molecular flexibility index (Phi) is 4.52. The number of hydrogen-bond donors (Lipinski definition) is 3. The van der Waals surface area contributed by atoms with Gasteiger partial charge in [0.25, 0.3) is 5.56 Å². The van der Waals surface area contributed by atoms with Crippen molar-refractivity contribution >= 4 is 10.9 Å². The molecule has 0 spiro atoms. The summed E-state index contributed by atoms with van der Waals surface area (Å²) in [6, 6.07) is 7.29. The summed E-state index contributed by atoms with van der Waals surface area (Å²) in [5.74, 6) is 0.617. The number of fused-ring (bicyclic) bond motifs is 1. The molecular formula is C15H21N3O2. The number of rotatable bonds is 6. The van der Waals surface area contributed by atoms with E-state index in [2.05, 4.69) is 29.1 Å². The lowest BCUT2D eigenvalue weighted by Gasteiger charge is -2.28. The van der Waals surface area contributed by atoms with E-state index in [1.165, 1.54) is 0 Å². The van der Waals surface area contributed by atoms with Crippen molar-refractivity contribution in [2.24, 2.45) is 0 Å². The minimum Gasteiger partial charge on any atom is -0.396 e. The minimum atomic E-state index is -0.154. The molecule has 3 N–H and O–H groups in total. The van der Waals surface area contributed by atoms with Crippen LogP contribution in [0, 0.1) is 0 Å². The van der Waals surface area contributed by atoms with E-state index in [4.69, 9.17) is 5.11 Å². The average Bonchev–Trinajstić information content (AvgIpc) is 2.46. The first-order valence-electron chi connectivity index (χ1n) is 6.92. The van der Waals surface area contributed by atoms with Crippen molar-refractivity contribution in [2.75, 3.05) is 6.61 Å². The molecule has 1 aromatic heterocycles. The number of para-hydroxylation sites is 1. The second kappa shape index (κ2) is 6.15. The van der Waals surface area contributed by atoms with Crippen LogP contribution in [0.3, 0.4) is 0 Å². The van der Waals surface area contributed by atoms with Gasteiger partial charge in [-0.2, -0.15) is 0 Å². The van der Waals surface area contributed by atoms with Crippen LogP contribution in [0.4, 0.5) is 0 Å². The van der Waals surface area contributed by atoms with Gasteiger partial charge in [0.05, 0.1) is 17.4 Å². The number of aliphatic hydroxyl groups excluding tert-OH is 1. The molecule has 0 bridgehead atoms. The van der Waals surface area contributed by atoms with Gasteiger partial charge in [-0.25, -0.2) is 4.98 Å². The quantitative estimate of drug-likeness (QED) is 0.747. The van der Waals surface area contributed by atoms with Crippen LogP contribution in [-0.2, 0) is 6.54 Å². The van der Waals surface area contributed by atoms with Crippen molar-refractivity contribution in [2.45, 2.75) is 38.8 Å². The Morgan fingerprint density at radius 1 is 1.40 bits per heavy atom. The van der Waals surface area contributed by atoms with Crippen LogP contribution in [0.2, 0.25) is 0 Å². The Labute approximate surface area is 118 Å². The van der Waals surface area contributed by atoms with Gasteiger partial charge < -0.3 is 15.4 Å². The van der Waals surface area contributed by atoms with E-state index in [0.717, 1.165) is 6.42 Å². The number of H-pyrrole nitrogens is 1. The van der Waals surface area contributed by atoms with Crippen LogP contribution in [0.15, 0.2) is 29.1 Å². The molecule has 0 aliphatic heterocycles. The molecule has 0 radical (unpaired) electrons. The highest BCUT2D eigenvalue weighted by molar-refractivity contribution is 5.77. The summed E-state index contributed by atoms with van der Waals surface area (Å²) in [7, 11) is 0. The van der Waals surface area contributed by atoms with Crippen molar-refractivity contribution in [3.63, 3.8) is 0 Å². The van der Waals surface area contributed by atoms with Gasteiger partial charge in [0.2, 0.25) is 0 Å². The molecule has 0 fully saturated rings. The first-order chi connectivity index (χ1) is 9.58. The Morgan fingerprint density at radius 2 is 2.15 bits per heavy atom. The Hall–Kier alpha value is -1.72. The van der Waals surface area contributed by atoms with E-state index in [1.807, 2.05) is 18.2 Å². The molecule has 1 atom stereocenters. The van der Waals surface area contributed by atoms with Gasteiger partial charge in [0.1, 0.15) is 5.82 Å². The number of aromatic amines is 1. The number of nitrogens with one attached hydrogen (secondary N) is 2. The van der Waals surface area contributed by atoms with Crippen LogP contribution in [0.5, 0.6) is 0 Å². The molecule has 108 valence electrons. The molecule has 1 unspecified atom stereocenters. The molecule has 0 saturated heterocycles. The highest BCUT2D eigenvalue weighted by Gasteiger charge is 2.20. The summed E-state index contributed by atoms with van der Waals surface area (Å²) in [6.45, 7) is 4.74. The molecule has 0 saturated carbocycles. The molecule has 5 nitrogen and oxygen atoms in total. The van der Waals surface area contributed by atoms with E-state index in [-0.39, 0.29) is 17.7 Å². The standard InChI is InChI=1S/C15H21N3O2/c1-3-15(2,8-9-19)16-10-13-17-12-7-5-4-6-11(12)14(20)18-13/h4-7,16,19H,3,8-10H2,1-2H3,(H,17,18,20). The molecule has 0 aliphatic carbocycles. The zero-order chi connectivity index (χ0) is 14.6. The molecule has 2 rings (SSSR count). The fourth-order valence-electron chi connectivity index (χ4n) is 2.15. The fraction of sp³-hybridized carbons (Fsp3) is 0.467. The highest BCUT2D eigenvalue weighted by atomic mass is 16.3. The van der Waals surface area contributed by atoms with Crippen LogP contribution in [0.25, 0.3) is 10.9 Å². The second-order valence-corrected chi connectivity index (χ2v) is 5.27. The maximum Gasteiger partial charge on any atom is 0.258 e. The van der Waals surface area contributed by atoms with Gasteiger partial charge in [-0.05, 0) is 31.9 Å². The second-order valence-electron chi connectivity index (χ2n) is 5.27. The van der Waals surface area contributed by atoms with E-state index in [1.54, 1.807) is 6.07 Å². The molecule has 0 aliphatic rings. The van der Waals surface area contributed by atoms with Crippen LogP contribution < -0.4 is 10.9 Å². The van der Waals surface area contributed by atoms with Crippen molar-refractivity contribution in [3.05, 3.63) is 40.4 Å². The lowest BCUT2D eigenvalue weighted by Crippen LogP contribution is -2.42. The van der Waals surface area contributed by atoms with Crippen LogP contribution >= 0.6 is 0 Å². The topological polar surface area (TPSA) is 78.0 Å². The zero-order valence-corrected chi connectivity index (χ0v) is 11.9. The lowest BCUT2D eigenvalue weighted by atomic mass is 9.95. The van der Waals surface area contributed by atoms with Crippen molar-refractivity contribution in [1.82, 2.24) is 15.3 Å². The molecule has 1 aromatic carbocycles. The maximum atomic E-state index is 12.0. The third-order valence-corrected chi connectivity index (χ3v) is 3.79. The summed E-state index contributed by atoms with van der Waals surface area (Å²) < 4.78 is 0. The summed E-state index contributed by atoms with van der Waals surface area (Å²) in [5, 5.41) is 13.1. The average molecular weight is 275 g/mol. The van der Waals surface area contributed by atoms with E-state index >= 15 is 0 Å². The molecular weight excluding hydrogens is 254 g/mol. The van der Waals surface area contributed by atoms with Gasteiger partial charge in [-0.1, -0.05) is 19.1 Å². The van der Waals surface area contributed by atoms with Gasteiger partial charge in [0.15, 0.2) is 0 Å². The fourth-order valence-corrected chi connectivity index (χ4v) is 2.15. The van der Waals surface area contributed by atoms with Gasteiger partial charge in [0, 0.05) is 12.1 Å². The van der Waals surface area contributed by atoms with E-state index < -0.39 is 0 Å². The molecule has 5 heteroatoms. The minimum absolute atomic E-state index is 0.118. The van der Waals surface area contributed by atoms with Crippen molar-refractivity contribution in [1.29, 1.82) is 0 Å².